The highest BCUT2D eigenvalue weighted by molar-refractivity contribution is 5.78. The Morgan fingerprint density at radius 3 is 2.30 bits per heavy atom. The number of aliphatic carboxylic acids is 1. The Morgan fingerprint density at radius 1 is 1.20 bits per heavy atom. The third-order valence-electron chi connectivity index (χ3n) is 5.41. The van der Waals surface area contributed by atoms with Gasteiger partial charge in [0.1, 0.15) is 5.54 Å². The maximum Gasteiger partial charge on any atom is 0.324 e. The second-order valence-corrected chi connectivity index (χ2v) is 7.00. The predicted octanol–water partition coefficient (Wildman–Crippen LogP) is 2.49. The summed E-state index contributed by atoms with van der Waals surface area (Å²) in [5, 5.41) is 12.6. The zero-order valence-corrected chi connectivity index (χ0v) is 13.1. The lowest BCUT2D eigenvalue weighted by Crippen LogP contribution is -2.58. The van der Waals surface area contributed by atoms with Crippen molar-refractivity contribution >= 4 is 5.97 Å². The van der Waals surface area contributed by atoms with Crippen LogP contribution in [-0.4, -0.2) is 47.7 Å². The van der Waals surface area contributed by atoms with Crippen molar-refractivity contribution in [2.45, 2.75) is 64.3 Å². The van der Waals surface area contributed by atoms with Crippen LogP contribution in [0, 0.1) is 5.41 Å². The first-order valence-electron chi connectivity index (χ1n) is 8.20. The van der Waals surface area contributed by atoms with Gasteiger partial charge in [0.05, 0.1) is 0 Å². The number of carbonyl (C=O) groups is 1. The number of hydrogen-bond acceptors (Lipinski definition) is 3. The van der Waals surface area contributed by atoms with Crippen LogP contribution in [0.3, 0.4) is 0 Å². The fraction of sp³-hybridized carbons (Fsp3) is 0.938. The molecule has 0 bridgehead atoms. The molecule has 2 aliphatic rings. The van der Waals surface area contributed by atoms with Crippen LogP contribution in [0.2, 0.25) is 0 Å². The van der Waals surface area contributed by atoms with E-state index >= 15 is 0 Å². The molecule has 0 aromatic heterocycles. The zero-order valence-electron chi connectivity index (χ0n) is 13.1. The molecule has 2 N–H and O–H groups in total. The van der Waals surface area contributed by atoms with Crippen LogP contribution in [0.15, 0.2) is 0 Å². The average Bonchev–Trinajstić information content (AvgIpc) is 2.43. The first-order chi connectivity index (χ1) is 9.50. The molecular weight excluding hydrogens is 252 g/mol. The molecule has 4 nitrogen and oxygen atoms in total. The quantitative estimate of drug-likeness (QED) is 0.813. The van der Waals surface area contributed by atoms with Gasteiger partial charge in [-0.3, -0.25) is 4.79 Å². The first-order valence-corrected chi connectivity index (χ1v) is 8.20. The summed E-state index contributed by atoms with van der Waals surface area (Å²) in [5.41, 5.74) is -0.224. The molecule has 1 unspecified atom stereocenters. The van der Waals surface area contributed by atoms with E-state index in [9.17, 15) is 9.90 Å². The van der Waals surface area contributed by atoms with Gasteiger partial charge in [-0.25, -0.2) is 0 Å². The van der Waals surface area contributed by atoms with Crippen molar-refractivity contribution in [3.8, 4) is 0 Å². The van der Waals surface area contributed by atoms with E-state index in [1.165, 1.54) is 44.9 Å². The lowest BCUT2D eigenvalue weighted by atomic mass is 9.68. The summed E-state index contributed by atoms with van der Waals surface area (Å²) in [6.45, 7) is 7.22. The molecule has 0 radical (unpaired) electrons. The van der Waals surface area contributed by atoms with Crippen molar-refractivity contribution in [2.75, 3.05) is 26.2 Å². The molecule has 1 aliphatic carbocycles. The minimum absolute atomic E-state index is 0.590. The third-order valence-corrected chi connectivity index (χ3v) is 5.41. The van der Waals surface area contributed by atoms with Crippen LogP contribution in [0.25, 0.3) is 0 Å². The Balaban J connectivity index is 1.88. The number of hydrogen-bond donors (Lipinski definition) is 2. The van der Waals surface area contributed by atoms with Gasteiger partial charge in [0.15, 0.2) is 0 Å². The van der Waals surface area contributed by atoms with E-state index < -0.39 is 11.5 Å². The van der Waals surface area contributed by atoms with Crippen molar-refractivity contribution in [3.63, 3.8) is 0 Å². The number of likely N-dealkylation sites (N-methyl/N-ethyl adjacent to an activating group) is 1. The van der Waals surface area contributed by atoms with Crippen molar-refractivity contribution < 1.29 is 9.90 Å². The van der Waals surface area contributed by atoms with E-state index in [0.29, 0.717) is 18.5 Å². The Kier molecular flexibility index (Phi) is 5.08. The number of nitrogens with zero attached hydrogens (tertiary/aromatic N) is 1. The summed E-state index contributed by atoms with van der Waals surface area (Å²) >= 11 is 0. The lowest BCUT2D eigenvalue weighted by molar-refractivity contribution is -0.145. The van der Waals surface area contributed by atoms with Crippen LogP contribution < -0.4 is 5.32 Å². The molecule has 116 valence electrons. The van der Waals surface area contributed by atoms with Gasteiger partial charge in [-0.1, -0.05) is 26.2 Å². The van der Waals surface area contributed by atoms with E-state index in [1.54, 1.807) is 0 Å². The third kappa shape index (κ3) is 3.53. The SMILES string of the molecule is CCNC(C)(CN1CCC2(CCCCC2)CC1)C(=O)O. The molecule has 20 heavy (non-hydrogen) atoms. The van der Waals surface area contributed by atoms with Gasteiger partial charge in [-0.15, -0.1) is 0 Å². The molecule has 2 rings (SSSR count). The van der Waals surface area contributed by atoms with E-state index in [0.717, 1.165) is 13.1 Å². The van der Waals surface area contributed by atoms with E-state index in [-0.39, 0.29) is 0 Å². The van der Waals surface area contributed by atoms with E-state index in [2.05, 4.69) is 10.2 Å². The normalized spacial score (nSPS) is 26.3. The lowest BCUT2D eigenvalue weighted by Gasteiger charge is -2.45. The van der Waals surface area contributed by atoms with Crippen LogP contribution >= 0.6 is 0 Å². The molecule has 4 heteroatoms. The summed E-state index contributed by atoms with van der Waals surface area (Å²) in [7, 11) is 0. The first kappa shape index (κ1) is 15.8. The summed E-state index contributed by atoms with van der Waals surface area (Å²) < 4.78 is 0. The molecule has 2 fully saturated rings. The highest BCUT2D eigenvalue weighted by atomic mass is 16.4. The van der Waals surface area contributed by atoms with Gasteiger partial charge >= 0.3 is 5.97 Å². The number of carboxylic acids is 1. The number of rotatable bonds is 5. The minimum Gasteiger partial charge on any atom is -0.480 e. The van der Waals surface area contributed by atoms with Crippen molar-refractivity contribution in [1.82, 2.24) is 10.2 Å². The fourth-order valence-corrected chi connectivity index (χ4v) is 4.02. The summed E-state index contributed by atoms with van der Waals surface area (Å²) in [5.74, 6) is -0.739. The van der Waals surface area contributed by atoms with Gasteiger partial charge in [0, 0.05) is 6.54 Å². The predicted molar refractivity (Wildman–Crippen MR) is 80.9 cm³/mol. The van der Waals surface area contributed by atoms with Crippen LogP contribution in [0.4, 0.5) is 0 Å². The topological polar surface area (TPSA) is 52.6 Å². The van der Waals surface area contributed by atoms with Crippen LogP contribution in [-0.2, 0) is 4.79 Å². The molecule has 1 atom stereocenters. The molecular formula is C16H30N2O2. The molecule has 0 aromatic rings. The zero-order chi connectivity index (χ0) is 14.6. The molecule has 1 aliphatic heterocycles. The minimum atomic E-state index is -0.814. The Morgan fingerprint density at radius 2 is 1.80 bits per heavy atom. The Bertz CT molecular complexity index is 329. The van der Waals surface area contributed by atoms with Crippen molar-refractivity contribution in [2.24, 2.45) is 5.41 Å². The largest absolute Gasteiger partial charge is 0.480 e. The van der Waals surface area contributed by atoms with E-state index in [4.69, 9.17) is 0 Å². The maximum atomic E-state index is 11.5. The van der Waals surface area contributed by atoms with Gasteiger partial charge in [-0.2, -0.15) is 0 Å². The molecule has 0 amide bonds. The second-order valence-electron chi connectivity index (χ2n) is 7.00. The van der Waals surface area contributed by atoms with Crippen LogP contribution in [0.5, 0.6) is 0 Å². The summed E-state index contributed by atoms with van der Waals surface area (Å²) in [6, 6.07) is 0. The molecule has 1 saturated heterocycles. The number of piperidine rings is 1. The van der Waals surface area contributed by atoms with Gasteiger partial charge in [0.2, 0.25) is 0 Å². The standard InChI is InChI=1S/C16H30N2O2/c1-3-17-15(2,14(19)20)13-18-11-9-16(10-12-18)7-5-4-6-8-16/h17H,3-13H2,1-2H3,(H,19,20). The molecule has 0 aromatic carbocycles. The van der Waals surface area contributed by atoms with E-state index in [1.807, 2.05) is 13.8 Å². The smallest absolute Gasteiger partial charge is 0.324 e. The Labute approximate surface area is 122 Å². The monoisotopic (exact) mass is 282 g/mol. The summed E-state index contributed by atoms with van der Waals surface area (Å²) in [4.78, 5) is 13.8. The van der Waals surface area contributed by atoms with Gasteiger partial charge < -0.3 is 15.3 Å². The Hall–Kier alpha value is -0.610. The van der Waals surface area contributed by atoms with Gasteiger partial charge in [-0.05, 0) is 57.7 Å². The average molecular weight is 282 g/mol. The number of carboxylic acid groups (broad SMARTS) is 1. The van der Waals surface area contributed by atoms with Gasteiger partial charge in [0.25, 0.3) is 0 Å². The highest BCUT2D eigenvalue weighted by Crippen LogP contribution is 2.44. The highest BCUT2D eigenvalue weighted by Gasteiger charge is 2.39. The molecule has 1 spiro atoms. The second kappa shape index (κ2) is 6.44. The maximum absolute atomic E-state index is 11.5. The number of nitrogens with one attached hydrogen (secondary N) is 1. The van der Waals surface area contributed by atoms with Crippen molar-refractivity contribution in [1.29, 1.82) is 0 Å². The fourth-order valence-electron chi connectivity index (χ4n) is 4.02. The summed E-state index contributed by atoms with van der Waals surface area (Å²) in [6.07, 6.45) is 9.50. The molecule has 1 heterocycles. The number of likely N-dealkylation sites (tertiary alicyclic amines) is 1. The van der Waals surface area contributed by atoms with Crippen molar-refractivity contribution in [3.05, 3.63) is 0 Å². The molecule has 1 saturated carbocycles. The van der Waals surface area contributed by atoms with Crippen LogP contribution in [0.1, 0.15) is 58.8 Å².